The molecule has 1 amide bonds. The van der Waals surface area contributed by atoms with Crippen LogP contribution in [0, 0.1) is 6.92 Å². The first-order chi connectivity index (χ1) is 13.1. The van der Waals surface area contributed by atoms with Gasteiger partial charge in [-0.2, -0.15) is 0 Å². The largest absolute Gasteiger partial charge is 0.356 e. The molecule has 27 heavy (non-hydrogen) atoms. The molecule has 0 aromatic heterocycles. The second-order valence-electron chi connectivity index (χ2n) is 7.42. The summed E-state index contributed by atoms with van der Waals surface area (Å²) in [5.74, 6) is 0.0765. The van der Waals surface area contributed by atoms with Crippen molar-refractivity contribution >= 4 is 23.2 Å². The molecular weight excluding hydrogens is 356 g/mol. The Balaban J connectivity index is 1.92. The predicted molar refractivity (Wildman–Crippen MR) is 113 cm³/mol. The smallest absolute Gasteiger partial charge is 0.247 e. The van der Waals surface area contributed by atoms with E-state index in [1.165, 1.54) is 24.8 Å². The minimum Gasteiger partial charge on any atom is -0.356 e. The molecule has 1 aliphatic rings. The number of nitrogens with one attached hydrogen (secondary N) is 1. The summed E-state index contributed by atoms with van der Waals surface area (Å²) in [7, 11) is 0. The van der Waals surface area contributed by atoms with E-state index >= 15 is 0 Å². The first kappa shape index (κ1) is 19.8. The zero-order chi connectivity index (χ0) is 19.2. The van der Waals surface area contributed by atoms with Crippen LogP contribution in [0.4, 0.5) is 5.69 Å². The molecule has 1 atom stereocenters. The Morgan fingerprint density at radius 2 is 1.85 bits per heavy atom. The number of hydrogen-bond acceptors (Lipinski definition) is 2. The third-order valence-corrected chi connectivity index (χ3v) is 5.62. The summed E-state index contributed by atoms with van der Waals surface area (Å²) >= 11 is 6.09. The van der Waals surface area contributed by atoms with E-state index in [0.29, 0.717) is 5.02 Å². The number of benzene rings is 2. The fraction of sp³-hybridized carbons (Fsp3) is 0.435. The van der Waals surface area contributed by atoms with E-state index < -0.39 is 0 Å². The van der Waals surface area contributed by atoms with E-state index in [2.05, 4.69) is 42.3 Å². The van der Waals surface area contributed by atoms with Gasteiger partial charge in [0.1, 0.15) is 6.04 Å². The second-order valence-corrected chi connectivity index (χ2v) is 7.86. The highest BCUT2D eigenvalue weighted by Gasteiger charge is 2.29. The van der Waals surface area contributed by atoms with Gasteiger partial charge in [-0.1, -0.05) is 55.1 Å². The molecule has 1 N–H and O–H groups in total. The molecule has 0 aliphatic heterocycles. The summed E-state index contributed by atoms with van der Waals surface area (Å²) in [6, 6.07) is 15.9. The highest BCUT2D eigenvalue weighted by atomic mass is 35.5. The van der Waals surface area contributed by atoms with Gasteiger partial charge in [-0.05, 0) is 62.1 Å². The summed E-state index contributed by atoms with van der Waals surface area (Å²) in [5.41, 5.74) is 3.22. The van der Waals surface area contributed by atoms with Crippen molar-refractivity contribution in [1.29, 1.82) is 0 Å². The molecule has 0 spiro atoms. The Morgan fingerprint density at radius 3 is 2.48 bits per heavy atom. The van der Waals surface area contributed by atoms with E-state index in [9.17, 15) is 4.79 Å². The zero-order valence-electron chi connectivity index (χ0n) is 16.2. The Hall–Kier alpha value is -2.00. The summed E-state index contributed by atoms with van der Waals surface area (Å²) < 4.78 is 0. The van der Waals surface area contributed by atoms with E-state index in [1.807, 2.05) is 30.3 Å². The third-order valence-electron chi connectivity index (χ3n) is 5.37. The highest BCUT2D eigenvalue weighted by Crippen LogP contribution is 2.29. The van der Waals surface area contributed by atoms with Crippen molar-refractivity contribution in [3.63, 3.8) is 0 Å². The van der Waals surface area contributed by atoms with Crippen molar-refractivity contribution in [2.75, 3.05) is 11.4 Å². The molecule has 3 rings (SSSR count). The lowest BCUT2D eigenvalue weighted by molar-refractivity contribution is -0.123. The fourth-order valence-electron chi connectivity index (χ4n) is 3.97. The van der Waals surface area contributed by atoms with Gasteiger partial charge in [0.15, 0.2) is 0 Å². The molecule has 144 valence electrons. The maximum Gasteiger partial charge on any atom is 0.247 e. The molecule has 1 aliphatic carbocycles. The van der Waals surface area contributed by atoms with Gasteiger partial charge < -0.3 is 10.2 Å². The van der Waals surface area contributed by atoms with Crippen LogP contribution >= 0.6 is 11.6 Å². The third kappa shape index (κ3) is 5.04. The number of halogens is 1. The van der Waals surface area contributed by atoms with E-state index in [4.69, 9.17) is 11.6 Å². The van der Waals surface area contributed by atoms with Crippen molar-refractivity contribution in [2.45, 2.75) is 58.0 Å². The molecule has 2 aromatic carbocycles. The van der Waals surface area contributed by atoms with Crippen LogP contribution in [0.3, 0.4) is 0 Å². The van der Waals surface area contributed by atoms with Crippen LogP contribution in [0.2, 0.25) is 5.02 Å². The van der Waals surface area contributed by atoms with Crippen molar-refractivity contribution in [3.05, 3.63) is 64.7 Å². The molecule has 0 unspecified atom stereocenters. The average Bonchev–Trinajstić information content (AvgIpc) is 2.67. The molecule has 4 heteroatoms. The van der Waals surface area contributed by atoms with Gasteiger partial charge in [-0.3, -0.25) is 4.79 Å². The number of carbonyl (C=O) groups is 1. The Morgan fingerprint density at radius 1 is 1.15 bits per heavy atom. The number of likely N-dealkylation sites (N-methyl/N-ethyl adjacent to an activating group) is 1. The molecule has 3 nitrogen and oxygen atoms in total. The highest BCUT2D eigenvalue weighted by molar-refractivity contribution is 6.30. The fourth-order valence-corrected chi connectivity index (χ4v) is 4.09. The van der Waals surface area contributed by atoms with Crippen LogP contribution in [-0.2, 0) is 4.79 Å². The predicted octanol–water partition coefficient (Wildman–Crippen LogP) is 5.66. The molecule has 0 radical (unpaired) electrons. The normalized spacial score (nSPS) is 16.0. The van der Waals surface area contributed by atoms with Crippen LogP contribution < -0.4 is 10.2 Å². The lowest BCUT2D eigenvalue weighted by Crippen LogP contribution is -2.45. The SMILES string of the molecule is CCN(c1cccc(C)c1)[C@H](C(=O)NC1CCCCC1)c1ccc(Cl)cc1. The van der Waals surface area contributed by atoms with Gasteiger partial charge in [0.2, 0.25) is 5.91 Å². The van der Waals surface area contributed by atoms with Crippen molar-refractivity contribution < 1.29 is 4.79 Å². The van der Waals surface area contributed by atoms with Gasteiger partial charge >= 0.3 is 0 Å². The monoisotopic (exact) mass is 384 g/mol. The Bertz CT molecular complexity index is 753. The molecular formula is C23H29ClN2O. The average molecular weight is 385 g/mol. The van der Waals surface area contributed by atoms with Crippen LogP contribution in [0.1, 0.15) is 56.2 Å². The van der Waals surface area contributed by atoms with E-state index in [-0.39, 0.29) is 18.0 Å². The summed E-state index contributed by atoms with van der Waals surface area (Å²) in [4.78, 5) is 15.5. The number of amides is 1. The van der Waals surface area contributed by atoms with E-state index in [1.54, 1.807) is 0 Å². The topological polar surface area (TPSA) is 32.3 Å². The molecule has 1 fully saturated rings. The Kier molecular flexibility index (Phi) is 6.78. The van der Waals surface area contributed by atoms with Gasteiger partial charge in [-0.15, -0.1) is 0 Å². The number of anilines is 1. The van der Waals surface area contributed by atoms with Crippen LogP contribution in [-0.4, -0.2) is 18.5 Å². The van der Waals surface area contributed by atoms with E-state index in [0.717, 1.165) is 30.6 Å². The molecule has 1 saturated carbocycles. The number of hydrogen-bond donors (Lipinski definition) is 1. The molecule has 0 saturated heterocycles. The zero-order valence-corrected chi connectivity index (χ0v) is 17.0. The Labute approximate surface area is 167 Å². The number of aryl methyl sites for hydroxylation is 1. The first-order valence-corrected chi connectivity index (χ1v) is 10.4. The van der Waals surface area contributed by atoms with Crippen molar-refractivity contribution in [1.82, 2.24) is 5.32 Å². The minimum absolute atomic E-state index is 0.0765. The number of carbonyl (C=O) groups excluding carboxylic acids is 1. The summed E-state index contributed by atoms with van der Waals surface area (Å²) in [6.45, 7) is 4.92. The van der Waals surface area contributed by atoms with Crippen LogP contribution in [0.5, 0.6) is 0 Å². The van der Waals surface area contributed by atoms with Gasteiger partial charge in [0.25, 0.3) is 0 Å². The standard InChI is InChI=1S/C23H29ClN2O/c1-3-26(21-11-7-8-17(2)16-21)22(18-12-14-19(24)15-13-18)23(27)25-20-9-5-4-6-10-20/h7-8,11-16,20,22H,3-6,9-10H2,1-2H3,(H,25,27)/t22-/m0/s1. The quantitative estimate of drug-likeness (QED) is 0.696. The maximum absolute atomic E-state index is 13.4. The van der Waals surface area contributed by atoms with Gasteiger partial charge in [-0.25, -0.2) is 0 Å². The lowest BCUT2D eigenvalue weighted by Gasteiger charge is -2.34. The van der Waals surface area contributed by atoms with Gasteiger partial charge in [0.05, 0.1) is 0 Å². The van der Waals surface area contributed by atoms with Crippen molar-refractivity contribution in [3.8, 4) is 0 Å². The van der Waals surface area contributed by atoms with Crippen LogP contribution in [0.15, 0.2) is 48.5 Å². The summed E-state index contributed by atoms with van der Waals surface area (Å²) in [6.07, 6.45) is 5.83. The second kappa shape index (κ2) is 9.27. The van der Waals surface area contributed by atoms with Crippen molar-refractivity contribution in [2.24, 2.45) is 0 Å². The number of rotatable bonds is 6. The minimum atomic E-state index is -0.365. The molecule has 2 aromatic rings. The summed E-state index contributed by atoms with van der Waals surface area (Å²) in [5, 5.41) is 4.00. The lowest BCUT2D eigenvalue weighted by atomic mass is 9.94. The molecule has 0 heterocycles. The first-order valence-electron chi connectivity index (χ1n) is 9.97. The van der Waals surface area contributed by atoms with Gasteiger partial charge in [0, 0.05) is 23.3 Å². The van der Waals surface area contributed by atoms with Crippen LogP contribution in [0.25, 0.3) is 0 Å². The maximum atomic E-state index is 13.4. The number of nitrogens with zero attached hydrogens (tertiary/aromatic N) is 1. The molecule has 0 bridgehead atoms.